The van der Waals surface area contributed by atoms with Crippen molar-refractivity contribution < 1.29 is 26.4 Å². The van der Waals surface area contributed by atoms with E-state index in [0.717, 1.165) is 16.4 Å². The number of hydrogen-bond acceptors (Lipinski definition) is 4. The molecular weight excluding hydrogens is 469 g/mol. The van der Waals surface area contributed by atoms with Gasteiger partial charge in [-0.25, -0.2) is 26.6 Å². The molecule has 1 fully saturated rings. The van der Waals surface area contributed by atoms with Crippen LogP contribution >= 0.6 is 0 Å². The van der Waals surface area contributed by atoms with Crippen LogP contribution in [0.2, 0.25) is 0 Å². The van der Waals surface area contributed by atoms with Crippen LogP contribution in [0.25, 0.3) is 0 Å². The van der Waals surface area contributed by atoms with E-state index in [4.69, 9.17) is 0 Å². The fourth-order valence-corrected chi connectivity index (χ4v) is 5.59. The summed E-state index contributed by atoms with van der Waals surface area (Å²) >= 11 is 0. The summed E-state index contributed by atoms with van der Waals surface area (Å²) in [6, 6.07) is 7.38. The predicted octanol–water partition coefficient (Wildman–Crippen LogP) is 3.14. The Morgan fingerprint density at radius 2 is 1.71 bits per heavy atom. The average molecular weight is 493 g/mol. The molecule has 1 aliphatic rings. The van der Waals surface area contributed by atoms with Gasteiger partial charge in [-0.1, -0.05) is 12.1 Å². The summed E-state index contributed by atoms with van der Waals surface area (Å²) in [4.78, 5) is 16.7. The molecule has 0 spiro atoms. The van der Waals surface area contributed by atoms with Gasteiger partial charge < -0.3 is 9.88 Å². The van der Waals surface area contributed by atoms with Gasteiger partial charge in [0.05, 0.1) is 0 Å². The first kappa shape index (κ1) is 24.0. The van der Waals surface area contributed by atoms with Crippen LogP contribution in [0.3, 0.4) is 0 Å². The maximum atomic E-state index is 14.1. The van der Waals surface area contributed by atoms with Crippen molar-refractivity contribution in [3.05, 3.63) is 83.7 Å². The van der Waals surface area contributed by atoms with Gasteiger partial charge in [0.15, 0.2) is 0 Å². The number of sulfonamides is 1. The van der Waals surface area contributed by atoms with E-state index in [-0.39, 0.29) is 31.8 Å². The molecule has 11 heteroatoms. The van der Waals surface area contributed by atoms with Gasteiger partial charge in [-0.05, 0) is 48.7 Å². The molecule has 0 aliphatic carbocycles. The first-order chi connectivity index (χ1) is 16.2. The second kappa shape index (κ2) is 9.59. The Kier molecular flexibility index (Phi) is 6.76. The molecule has 4 rings (SSSR count). The van der Waals surface area contributed by atoms with Crippen molar-refractivity contribution in [3.63, 3.8) is 0 Å². The quantitative estimate of drug-likeness (QED) is 0.573. The lowest BCUT2D eigenvalue weighted by Gasteiger charge is -2.31. The van der Waals surface area contributed by atoms with Crippen LogP contribution in [0, 0.1) is 23.4 Å². The molecule has 7 nitrogen and oxygen atoms in total. The summed E-state index contributed by atoms with van der Waals surface area (Å²) in [5.41, 5.74) is 0.644. The number of benzene rings is 2. The molecule has 2 heterocycles. The molecule has 0 unspecified atom stereocenters. The third-order valence-electron chi connectivity index (χ3n) is 5.94. The second-order valence-electron chi connectivity index (χ2n) is 8.14. The summed E-state index contributed by atoms with van der Waals surface area (Å²) in [7, 11) is -2.46. The minimum Gasteiger partial charge on any atom is -0.342 e. The molecule has 2 aromatic carbocycles. The minimum atomic E-state index is -4.24. The van der Waals surface area contributed by atoms with Crippen molar-refractivity contribution in [2.24, 2.45) is 13.0 Å². The van der Waals surface area contributed by atoms with Crippen molar-refractivity contribution >= 4 is 15.9 Å². The number of carbonyl (C=O) groups excluding carboxylic acids is 1. The molecule has 180 valence electrons. The van der Waals surface area contributed by atoms with Crippen molar-refractivity contribution in [3.8, 4) is 0 Å². The first-order valence-corrected chi connectivity index (χ1v) is 12.1. The molecule has 1 atom stereocenters. The van der Waals surface area contributed by atoms with Gasteiger partial charge in [0.1, 0.15) is 34.2 Å². The van der Waals surface area contributed by atoms with E-state index in [1.807, 2.05) is 0 Å². The highest BCUT2D eigenvalue weighted by molar-refractivity contribution is 7.89. The molecule has 1 aliphatic heterocycles. The number of amides is 1. The number of aryl methyl sites for hydroxylation is 1. The van der Waals surface area contributed by atoms with Gasteiger partial charge in [0, 0.05) is 38.4 Å². The Bertz CT molecular complexity index is 1290. The van der Waals surface area contributed by atoms with E-state index in [0.29, 0.717) is 17.5 Å². The molecule has 1 saturated heterocycles. The number of nitrogens with one attached hydrogen (secondary N) is 1. The molecule has 3 aromatic rings. The molecule has 1 amide bonds. The number of aromatic nitrogens is 2. The normalized spacial score (nSPS) is 16.4. The number of piperidine rings is 1. The van der Waals surface area contributed by atoms with Crippen molar-refractivity contribution in [2.75, 3.05) is 13.1 Å². The summed E-state index contributed by atoms with van der Waals surface area (Å²) in [6.45, 7) is -0.0278. The van der Waals surface area contributed by atoms with Crippen molar-refractivity contribution in [2.45, 2.75) is 23.8 Å². The van der Waals surface area contributed by atoms with Gasteiger partial charge >= 0.3 is 0 Å². The van der Waals surface area contributed by atoms with Gasteiger partial charge in [-0.2, -0.15) is 4.31 Å². The Balaban J connectivity index is 1.47. The smallest absolute Gasteiger partial charge is 0.246 e. The highest BCUT2D eigenvalue weighted by Gasteiger charge is 2.35. The van der Waals surface area contributed by atoms with Crippen LogP contribution in [0.4, 0.5) is 13.2 Å². The zero-order valence-electron chi connectivity index (χ0n) is 18.3. The lowest BCUT2D eigenvalue weighted by molar-refractivity contribution is -0.126. The van der Waals surface area contributed by atoms with Gasteiger partial charge in [-0.15, -0.1) is 0 Å². The fourth-order valence-electron chi connectivity index (χ4n) is 4.04. The van der Waals surface area contributed by atoms with Crippen LogP contribution in [0.1, 0.15) is 30.3 Å². The SMILES string of the molecule is Cn1ccnc1[C@H](NC(=O)C1CCN(S(=O)(=O)c2cc(F)ccc2F)CC1)c1ccc(F)cc1. The zero-order chi connectivity index (χ0) is 24.5. The van der Waals surface area contributed by atoms with Gasteiger partial charge in [-0.3, -0.25) is 4.79 Å². The highest BCUT2D eigenvalue weighted by atomic mass is 32.2. The number of halogens is 3. The number of rotatable bonds is 6. The van der Waals surface area contributed by atoms with Gasteiger partial charge in [0.25, 0.3) is 0 Å². The Morgan fingerprint density at radius 1 is 1.06 bits per heavy atom. The first-order valence-electron chi connectivity index (χ1n) is 10.6. The number of carbonyl (C=O) groups is 1. The van der Waals surface area contributed by atoms with Crippen molar-refractivity contribution in [1.82, 2.24) is 19.2 Å². The van der Waals surface area contributed by atoms with E-state index < -0.39 is 44.3 Å². The van der Waals surface area contributed by atoms with Crippen molar-refractivity contribution in [1.29, 1.82) is 0 Å². The number of imidazole rings is 1. The molecule has 1 N–H and O–H groups in total. The Hall–Kier alpha value is -3.18. The third-order valence-corrected chi connectivity index (χ3v) is 7.86. The third kappa shape index (κ3) is 4.85. The molecule has 0 bridgehead atoms. The Morgan fingerprint density at radius 3 is 2.32 bits per heavy atom. The lowest BCUT2D eigenvalue weighted by atomic mass is 9.96. The lowest BCUT2D eigenvalue weighted by Crippen LogP contribution is -2.44. The largest absolute Gasteiger partial charge is 0.342 e. The van der Waals surface area contributed by atoms with Gasteiger partial charge in [0.2, 0.25) is 15.9 Å². The monoisotopic (exact) mass is 492 g/mol. The summed E-state index contributed by atoms with van der Waals surface area (Å²) in [5, 5.41) is 2.95. The molecule has 0 saturated carbocycles. The van der Waals surface area contributed by atoms with E-state index >= 15 is 0 Å². The molecule has 34 heavy (non-hydrogen) atoms. The maximum Gasteiger partial charge on any atom is 0.246 e. The Labute approximate surface area is 195 Å². The number of hydrogen-bond donors (Lipinski definition) is 1. The zero-order valence-corrected chi connectivity index (χ0v) is 19.1. The molecular formula is C23H23F3N4O3S. The van der Waals surface area contributed by atoms with Crippen LogP contribution < -0.4 is 5.32 Å². The number of nitrogens with zero attached hydrogens (tertiary/aromatic N) is 3. The van der Waals surface area contributed by atoms with Crippen LogP contribution in [-0.4, -0.2) is 41.3 Å². The predicted molar refractivity (Wildman–Crippen MR) is 117 cm³/mol. The molecule has 0 radical (unpaired) electrons. The fraction of sp³-hybridized carbons (Fsp3) is 0.304. The van der Waals surface area contributed by atoms with E-state index in [1.54, 1.807) is 36.1 Å². The van der Waals surface area contributed by atoms with Crippen LogP contribution in [0.5, 0.6) is 0 Å². The van der Waals surface area contributed by atoms with Crippen LogP contribution in [-0.2, 0) is 21.9 Å². The van der Waals surface area contributed by atoms with Crippen LogP contribution in [0.15, 0.2) is 59.8 Å². The van der Waals surface area contributed by atoms with E-state index in [9.17, 15) is 26.4 Å². The second-order valence-corrected chi connectivity index (χ2v) is 10.0. The van der Waals surface area contributed by atoms with E-state index in [2.05, 4.69) is 10.3 Å². The summed E-state index contributed by atoms with van der Waals surface area (Å²) < 4.78 is 69.4. The molecule has 1 aromatic heterocycles. The summed E-state index contributed by atoms with van der Waals surface area (Å²) in [6.07, 6.45) is 3.73. The topological polar surface area (TPSA) is 84.3 Å². The highest BCUT2D eigenvalue weighted by Crippen LogP contribution is 2.28. The van der Waals surface area contributed by atoms with E-state index in [1.165, 1.54) is 12.1 Å². The summed E-state index contributed by atoms with van der Waals surface area (Å²) in [5.74, 6) is -2.52. The minimum absolute atomic E-state index is 0.0139. The standard InChI is InChI=1S/C23H23F3N4O3S/c1-29-13-10-27-22(29)21(15-2-4-17(24)5-3-15)28-23(31)16-8-11-30(12-9-16)34(32,33)20-14-18(25)6-7-19(20)26/h2-7,10,13-14,16,21H,8-9,11-12H2,1H3,(H,28,31)/t21-/m1/s1. The maximum absolute atomic E-state index is 14.1. The average Bonchev–Trinajstić information content (AvgIpc) is 3.25.